The van der Waals surface area contributed by atoms with Gasteiger partial charge in [0, 0.05) is 19.2 Å². The number of aromatic nitrogens is 1. The minimum Gasteiger partial charge on any atom is -0.471 e. The van der Waals surface area contributed by atoms with Crippen LogP contribution in [0.25, 0.3) is 0 Å². The molecule has 4 rings (SSSR count). The van der Waals surface area contributed by atoms with E-state index in [0.29, 0.717) is 31.2 Å². The van der Waals surface area contributed by atoms with Crippen molar-refractivity contribution >= 4 is 17.5 Å². The monoisotopic (exact) mass is 341 g/mol. The molecule has 0 aromatic carbocycles. The van der Waals surface area contributed by atoms with Gasteiger partial charge in [-0.1, -0.05) is 0 Å². The molecule has 25 heavy (non-hydrogen) atoms. The standard InChI is InChI=1S/C18H19N3O4/c1-12-9-21(15-5-2-6-19-17(15)25-12)18(23)13-8-16(22)20(10-13)11-14-4-3-7-24-14/h2-7,12-13H,8-11H2,1H3. The number of rotatable bonds is 3. The lowest BCUT2D eigenvalue weighted by Crippen LogP contribution is -2.45. The first kappa shape index (κ1) is 15.7. The molecule has 2 atom stereocenters. The van der Waals surface area contributed by atoms with E-state index < -0.39 is 0 Å². The van der Waals surface area contributed by atoms with Crippen LogP contribution in [0.2, 0.25) is 0 Å². The van der Waals surface area contributed by atoms with Crippen LogP contribution in [-0.4, -0.2) is 40.9 Å². The van der Waals surface area contributed by atoms with Gasteiger partial charge in [-0.3, -0.25) is 9.59 Å². The summed E-state index contributed by atoms with van der Waals surface area (Å²) in [6.07, 6.45) is 3.31. The van der Waals surface area contributed by atoms with Crippen molar-refractivity contribution in [3.63, 3.8) is 0 Å². The molecule has 2 aliphatic heterocycles. The van der Waals surface area contributed by atoms with Gasteiger partial charge in [0.25, 0.3) is 0 Å². The minimum atomic E-state index is -0.360. The summed E-state index contributed by atoms with van der Waals surface area (Å²) in [5.74, 6) is 0.741. The fourth-order valence-electron chi connectivity index (χ4n) is 3.37. The molecule has 7 nitrogen and oxygen atoms in total. The molecule has 4 heterocycles. The fraction of sp³-hybridized carbons (Fsp3) is 0.389. The Bertz CT molecular complexity index is 789. The summed E-state index contributed by atoms with van der Waals surface area (Å²) >= 11 is 0. The highest BCUT2D eigenvalue weighted by molar-refractivity contribution is 6.00. The van der Waals surface area contributed by atoms with Gasteiger partial charge in [0.1, 0.15) is 17.6 Å². The summed E-state index contributed by atoms with van der Waals surface area (Å²) in [6, 6.07) is 7.22. The maximum atomic E-state index is 13.0. The molecule has 0 spiro atoms. The molecular formula is C18H19N3O4. The van der Waals surface area contributed by atoms with Crippen molar-refractivity contribution < 1.29 is 18.7 Å². The van der Waals surface area contributed by atoms with E-state index in [-0.39, 0.29) is 30.3 Å². The Kier molecular flexibility index (Phi) is 3.91. The number of hydrogen-bond acceptors (Lipinski definition) is 5. The predicted octanol–water partition coefficient (Wildman–Crippen LogP) is 1.84. The zero-order valence-corrected chi connectivity index (χ0v) is 13.9. The molecule has 1 saturated heterocycles. The van der Waals surface area contributed by atoms with Crippen molar-refractivity contribution in [2.75, 3.05) is 18.0 Å². The Hall–Kier alpha value is -2.83. The number of fused-ring (bicyclic) bond motifs is 1. The second kappa shape index (κ2) is 6.23. The van der Waals surface area contributed by atoms with E-state index in [9.17, 15) is 9.59 Å². The third-order valence-corrected chi connectivity index (χ3v) is 4.55. The Morgan fingerprint density at radius 1 is 1.32 bits per heavy atom. The minimum absolute atomic E-state index is 0.0255. The van der Waals surface area contributed by atoms with Crippen LogP contribution in [0.4, 0.5) is 5.69 Å². The molecule has 2 aromatic rings. The quantitative estimate of drug-likeness (QED) is 0.851. The molecule has 0 saturated carbocycles. The maximum absolute atomic E-state index is 13.0. The number of hydrogen-bond donors (Lipinski definition) is 0. The van der Waals surface area contributed by atoms with E-state index in [1.54, 1.807) is 34.4 Å². The second-order valence-electron chi connectivity index (χ2n) is 6.46. The molecule has 2 aliphatic rings. The topological polar surface area (TPSA) is 75.9 Å². The molecule has 130 valence electrons. The van der Waals surface area contributed by atoms with Gasteiger partial charge in [-0.25, -0.2) is 4.98 Å². The number of furan rings is 1. The van der Waals surface area contributed by atoms with Crippen molar-refractivity contribution in [3.8, 4) is 5.88 Å². The van der Waals surface area contributed by atoms with Gasteiger partial charge in [0.05, 0.1) is 25.3 Å². The summed E-state index contributed by atoms with van der Waals surface area (Å²) in [6.45, 7) is 3.16. The van der Waals surface area contributed by atoms with Gasteiger partial charge in [-0.15, -0.1) is 0 Å². The van der Waals surface area contributed by atoms with Gasteiger partial charge in [0.2, 0.25) is 17.7 Å². The molecule has 2 amide bonds. The van der Waals surface area contributed by atoms with Crippen LogP contribution < -0.4 is 9.64 Å². The van der Waals surface area contributed by atoms with E-state index in [4.69, 9.17) is 9.15 Å². The SMILES string of the molecule is CC1CN(C(=O)C2CC(=O)N(Cc3ccco3)C2)c2cccnc2O1. The van der Waals surface area contributed by atoms with Crippen LogP contribution in [0.5, 0.6) is 5.88 Å². The van der Waals surface area contributed by atoms with Crippen molar-refractivity contribution in [2.45, 2.75) is 26.0 Å². The van der Waals surface area contributed by atoms with Crippen molar-refractivity contribution in [2.24, 2.45) is 5.92 Å². The van der Waals surface area contributed by atoms with E-state index in [0.717, 1.165) is 5.76 Å². The van der Waals surface area contributed by atoms with Crippen LogP contribution >= 0.6 is 0 Å². The lowest BCUT2D eigenvalue weighted by atomic mass is 10.1. The van der Waals surface area contributed by atoms with Crippen molar-refractivity contribution in [1.82, 2.24) is 9.88 Å². The largest absolute Gasteiger partial charge is 0.471 e. The Labute approximate surface area is 145 Å². The van der Waals surface area contributed by atoms with Gasteiger partial charge in [-0.05, 0) is 31.2 Å². The summed E-state index contributed by atoms with van der Waals surface area (Å²) in [5, 5.41) is 0. The first-order valence-electron chi connectivity index (χ1n) is 8.35. The molecule has 2 aromatic heterocycles. The molecule has 2 unspecified atom stereocenters. The van der Waals surface area contributed by atoms with Crippen molar-refractivity contribution in [3.05, 3.63) is 42.5 Å². The average molecular weight is 341 g/mol. The smallest absolute Gasteiger partial charge is 0.238 e. The zero-order chi connectivity index (χ0) is 17.4. The first-order chi connectivity index (χ1) is 12.1. The fourth-order valence-corrected chi connectivity index (χ4v) is 3.37. The van der Waals surface area contributed by atoms with E-state index in [2.05, 4.69) is 4.98 Å². The zero-order valence-electron chi connectivity index (χ0n) is 13.9. The number of pyridine rings is 1. The molecule has 0 radical (unpaired) electrons. The summed E-state index contributed by atoms with van der Waals surface area (Å²) < 4.78 is 11.0. The number of anilines is 1. The number of carbonyl (C=O) groups excluding carboxylic acids is 2. The van der Waals surface area contributed by atoms with Gasteiger partial charge >= 0.3 is 0 Å². The second-order valence-corrected chi connectivity index (χ2v) is 6.46. The highest BCUT2D eigenvalue weighted by Crippen LogP contribution is 2.33. The Morgan fingerprint density at radius 2 is 2.20 bits per heavy atom. The van der Waals surface area contributed by atoms with Crippen LogP contribution in [0, 0.1) is 5.92 Å². The van der Waals surface area contributed by atoms with Crippen molar-refractivity contribution in [1.29, 1.82) is 0 Å². The summed E-state index contributed by atoms with van der Waals surface area (Å²) in [5.41, 5.74) is 0.669. The number of likely N-dealkylation sites (tertiary alicyclic amines) is 1. The molecule has 7 heteroatoms. The third kappa shape index (κ3) is 2.97. The van der Waals surface area contributed by atoms with E-state index in [1.807, 2.05) is 19.1 Å². The maximum Gasteiger partial charge on any atom is 0.238 e. The Balaban J connectivity index is 1.51. The van der Waals surface area contributed by atoms with Gasteiger partial charge < -0.3 is 19.0 Å². The van der Waals surface area contributed by atoms with Crippen LogP contribution in [0.15, 0.2) is 41.1 Å². The highest BCUT2D eigenvalue weighted by Gasteiger charge is 2.39. The molecule has 1 fully saturated rings. The average Bonchev–Trinajstić information content (AvgIpc) is 3.24. The van der Waals surface area contributed by atoms with Crippen LogP contribution in [-0.2, 0) is 16.1 Å². The van der Waals surface area contributed by atoms with E-state index >= 15 is 0 Å². The van der Waals surface area contributed by atoms with Gasteiger partial charge in [0.15, 0.2) is 0 Å². The number of ether oxygens (including phenoxy) is 1. The van der Waals surface area contributed by atoms with Crippen LogP contribution in [0.1, 0.15) is 19.1 Å². The summed E-state index contributed by atoms with van der Waals surface area (Å²) in [4.78, 5) is 32.9. The molecule has 0 aliphatic carbocycles. The normalized spacial score (nSPS) is 22.7. The Morgan fingerprint density at radius 3 is 3.00 bits per heavy atom. The third-order valence-electron chi connectivity index (χ3n) is 4.55. The number of amides is 2. The first-order valence-corrected chi connectivity index (χ1v) is 8.35. The lowest BCUT2D eigenvalue weighted by Gasteiger charge is -2.33. The highest BCUT2D eigenvalue weighted by atomic mass is 16.5. The van der Waals surface area contributed by atoms with Crippen LogP contribution in [0.3, 0.4) is 0 Å². The summed E-state index contributed by atoms with van der Waals surface area (Å²) in [7, 11) is 0. The van der Waals surface area contributed by atoms with Gasteiger partial charge in [-0.2, -0.15) is 0 Å². The molecular weight excluding hydrogens is 322 g/mol. The molecule has 0 N–H and O–H groups in total. The molecule has 0 bridgehead atoms. The number of nitrogens with zero attached hydrogens (tertiary/aromatic N) is 3. The predicted molar refractivity (Wildman–Crippen MR) is 88.9 cm³/mol. The van der Waals surface area contributed by atoms with E-state index in [1.165, 1.54) is 0 Å². The number of carbonyl (C=O) groups is 2. The lowest BCUT2D eigenvalue weighted by molar-refractivity contribution is -0.129.